The number of hydrogen-bond donors (Lipinski definition) is 1. The number of hydrogen-bond acceptors (Lipinski definition) is 5. The molecule has 0 aromatic heterocycles. The molecule has 1 atom stereocenters. The van der Waals surface area contributed by atoms with Crippen molar-refractivity contribution in [3.63, 3.8) is 0 Å². The van der Waals surface area contributed by atoms with Crippen LogP contribution in [0.4, 0.5) is 11.4 Å². The standard InChI is InChI=1S/C26H26N2O5S/c1-17-11-12-18(2)23(13-17)27-25(29)16-33-26(30)21-8-6-9-22(15-21)34(31,32)28-19(3)14-20-7-4-5-10-24(20)28/h4-13,15,19H,14,16H2,1-3H3,(H,27,29)/t19-/m1/s1. The maximum absolute atomic E-state index is 13.4. The third-order valence-corrected chi connectivity index (χ3v) is 7.70. The van der Waals surface area contributed by atoms with E-state index in [0.29, 0.717) is 17.8 Å². The van der Waals surface area contributed by atoms with Crippen molar-refractivity contribution in [2.75, 3.05) is 16.2 Å². The summed E-state index contributed by atoms with van der Waals surface area (Å²) >= 11 is 0. The number of benzene rings is 3. The molecule has 4 rings (SSSR count). The van der Waals surface area contributed by atoms with Gasteiger partial charge in [0.25, 0.3) is 15.9 Å². The monoisotopic (exact) mass is 478 g/mol. The fourth-order valence-corrected chi connectivity index (χ4v) is 5.81. The lowest BCUT2D eigenvalue weighted by molar-refractivity contribution is -0.119. The van der Waals surface area contributed by atoms with Gasteiger partial charge in [0.2, 0.25) is 0 Å². The Morgan fingerprint density at radius 3 is 2.59 bits per heavy atom. The van der Waals surface area contributed by atoms with Gasteiger partial charge in [0.05, 0.1) is 16.1 Å². The second kappa shape index (κ2) is 9.30. The van der Waals surface area contributed by atoms with Crippen molar-refractivity contribution in [1.29, 1.82) is 0 Å². The molecular weight excluding hydrogens is 452 g/mol. The Morgan fingerprint density at radius 1 is 1.03 bits per heavy atom. The van der Waals surface area contributed by atoms with E-state index in [-0.39, 0.29) is 16.5 Å². The Labute approximate surface area is 199 Å². The van der Waals surface area contributed by atoms with Crippen LogP contribution in [0.15, 0.2) is 71.6 Å². The van der Waals surface area contributed by atoms with Gasteiger partial charge in [-0.15, -0.1) is 0 Å². The summed E-state index contributed by atoms with van der Waals surface area (Å²) in [5, 5.41) is 2.73. The van der Waals surface area contributed by atoms with Gasteiger partial charge in [0.1, 0.15) is 0 Å². The second-order valence-corrected chi connectivity index (χ2v) is 10.3. The van der Waals surface area contributed by atoms with Gasteiger partial charge >= 0.3 is 5.97 Å². The molecule has 0 saturated heterocycles. The Balaban J connectivity index is 1.47. The highest BCUT2D eigenvalue weighted by atomic mass is 32.2. The van der Waals surface area contributed by atoms with E-state index in [1.54, 1.807) is 12.1 Å². The number of carbonyl (C=O) groups is 2. The fourth-order valence-electron chi connectivity index (χ4n) is 4.07. The van der Waals surface area contributed by atoms with Crippen molar-refractivity contribution in [3.8, 4) is 0 Å². The number of sulfonamides is 1. The maximum atomic E-state index is 13.4. The topological polar surface area (TPSA) is 92.8 Å². The van der Waals surface area contributed by atoms with Crippen molar-refractivity contribution in [1.82, 2.24) is 0 Å². The highest BCUT2D eigenvalue weighted by Gasteiger charge is 2.36. The van der Waals surface area contributed by atoms with Crippen LogP contribution in [-0.2, 0) is 26.0 Å². The molecule has 7 nitrogen and oxygen atoms in total. The highest BCUT2D eigenvalue weighted by molar-refractivity contribution is 7.92. The van der Waals surface area contributed by atoms with Crippen LogP contribution in [0.3, 0.4) is 0 Å². The van der Waals surface area contributed by atoms with Crippen LogP contribution in [0.5, 0.6) is 0 Å². The number of anilines is 2. The molecule has 1 amide bonds. The first-order valence-corrected chi connectivity index (χ1v) is 12.4. The lowest BCUT2D eigenvalue weighted by Crippen LogP contribution is -2.35. The number of ether oxygens (including phenoxy) is 1. The first-order valence-electron chi connectivity index (χ1n) is 10.9. The van der Waals surface area contributed by atoms with E-state index in [1.807, 2.05) is 51.1 Å². The Kier molecular flexibility index (Phi) is 6.43. The average Bonchev–Trinajstić information content (AvgIpc) is 3.16. The quantitative estimate of drug-likeness (QED) is 0.535. The Hall–Kier alpha value is -3.65. The zero-order chi connectivity index (χ0) is 24.5. The summed E-state index contributed by atoms with van der Waals surface area (Å²) in [4.78, 5) is 24.8. The van der Waals surface area contributed by atoms with Crippen LogP contribution in [0.1, 0.15) is 34.0 Å². The first-order chi connectivity index (χ1) is 16.2. The van der Waals surface area contributed by atoms with E-state index in [2.05, 4.69) is 5.32 Å². The van der Waals surface area contributed by atoms with E-state index < -0.39 is 28.5 Å². The van der Waals surface area contributed by atoms with Crippen LogP contribution in [0, 0.1) is 13.8 Å². The van der Waals surface area contributed by atoms with Gasteiger partial charge in [0, 0.05) is 11.7 Å². The summed E-state index contributed by atoms with van der Waals surface area (Å²) in [7, 11) is -3.89. The molecule has 1 aliphatic rings. The molecule has 8 heteroatoms. The largest absolute Gasteiger partial charge is 0.452 e. The third kappa shape index (κ3) is 4.68. The van der Waals surface area contributed by atoms with Gasteiger partial charge < -0.3 is 10.1 Å². The molecule has 176 valence electrons. The maximum Gasteiger partial charge on any atom is 0.338 e. The smallest absolute Gasteiger partial charge is 0.338 e. The van der Waals surface area contributed by atoms with Gasteiger partial charge in [-0.2, -0.15) is 0 Å². The SMILES string of the molecule is Cc1ccc(C)c(NC(=O)COC(=O)c2cccc(S(=O)(=O)N3c4ccccc4C[C@H]3C)c2)c1. The van der Waals surface area contributed by atoms with Crippen LogP contribution in [0.2, 0.25) is 0 Å². The number of nitrogens with one attached hydrogen (secondary N) is 1. The number of para-hydroxylation sites is 1. The van der Waals surface area contributed by atoms with E-state index in [1.165, 1.54) is 28.6 Å². The lowest BCUT2D eigenvalue weighted by Gasteiger charge is -2.24. The molecule has 0 saturated carbocycles. The minimum absolute atomic E-state index is 0.00894. The molecule has 3 aromatic carbocycles. The summed E-state index contributed by atoms with van der Waals surface area (Å²) < 4.78 is 33.4. The predicted octanol–water partition coefficient (Wildman–Crippen LogP) is 4.24. The predicted molar refractivity (Wildman–Crippen MR) is 131 cm³/mol. The van der Waals surface area contributed by atoms with Crippen molar-refractivity contribution < 1.29 is 22.7 Å². The first kappa shape index (κ1) is 23.5. The minimum atomic E-state index is -3.89. The molecule has 3 aromatic rings. The fraction of sp³-hybridized carbons (Fsp3) is 0.231. The van der Waals surface area contributed by atoms with Crippen molar-refractivity contribution >= 4 is 33.3 Å². The number of nitrogens with zero attached hydrogens (tertiary/aromatic N) is 1. The van der Waals surface area contributed by atoms with Crippen molar-refractivity contribution in [2.45, 2.75) is 38.1 Å². The van der Waals surface area contributed by atoms with Gasteiger partial charge in [-0.25, -0.2) is 13.2 Å². The van der Waals surface area contributed by atoms with Crippen LogP contribution < -0.4 is 9.62 Å². The summed E-state index contributed by atoms with van der Waals surface area (Å²) in [6.07, 6.45) is 0.618. The lowest BCUT2D eigenvalue weighted by atomic mass is 10.1. The van der Waals surface area contributed by atoms with Gasteiger partial charge in [0.15, 0.2) is 6.61 Å². The average molecular weight is 479 g/mol. The number of esters is 1. The zero-order valence-corrected chi connectivity index (χ0v) is 20.1. The van der Waals surface area contributed by atoms with E-state index in [4.69, 9.17) is 4.74 Å². The molecule has 1 aliphatic heterocycles. The van der Waals surface area contributed by atoms with Crippen LogP contribution in [-0.4, -0.2) is 32.9 Å². The number of fused-ring (bicyclic) bond motifs is 1. The molecule has 34 heavy (non-hydrogen) atoms. The molecule has 0 unspecified atom stereocenters. The molecule has 0 bridgehead atoms. The Bertz CT molecular complexity index is 1370. The number of carbonyl (C=O) groups excluding carboxylic acids is 2. The molecule has 1 N–H and O–H groups in total. The molecule has 0 radical (unpaired) electrons. The number of aryl methyl sites for hydroxylation is 2. The molecule has 0 spiro atoms. The summed E-state index contributed by atoms with van der Waals surface area (Å²) in [5.41, 5.74) is 4.19. The molecule has 1 heterocycles. The molecule has 0 aliphatic carbocycles. The van der Waals surface area contributed by atoms with Crippen molar-refractivity contribution in [2.24, 2.45) is 0 Å². The normalized spacial score (nSPS) is 15.0. The van der Waals surface area contributed by atoms with Crippen LogP contribution >= 0.6 is 0 Å². The zero-order valence-electron chi connectivity index (χ0n) is 19.2. The summed E-state index contributed by atoms with van der Waals surface area (Å²) in [6.45, 7) is 5.15. The molecular formula is C26H26N2O5S. The van der Waals surface area contributed by atoms with Crippen LogP contribution in [0.25, 0.3) is 0 Å². The second-order valence-electron chi connectivity index (χ2n) is 8.45. The number of rotatable bonds is 6. The van der Waals surface area contributed by atoms with Gasteiger partial charge in [-0.05, 0) is 74.2 Å². The molecule has 0 fully saturated rings. The number of amides is 1. The van der Waals surface area contributed by atoms with E-state index in [9.17, 15) is 18.0 Å². The summed E-state index contributed by atoms with van der Waals surface area (Å²) in [6, 6.07) is 18.5. The minimum Gasteiger partial charge on any atom is -0.452 e. The van der Waals surface area contributed by atoms with E-state index in [0.717, 1.165) is 16.7 Å². The Morgan fingerprint density at radius 2 is 1.79 bits per heavy atom. The van der Waals surface area contributed by atoms with Gasteiger partial charge in [-0.3, -0.25) is 9.10 Å². The summed E-state index contributed by atoms with van der Waals surface area (Å²) in [5.74, 6) is -1.25. The van der Waals surface area contributed by atoms with Gasteiger partial charge in [-0.1, -0.05) is 36.4 Å². The van der Waals surface area contributed by atoms with Crippen molar-refractivity contribution in [3.05, 3.63) is 89.0 Å². The highest BCUT2D eigenvalue weighted by Crippen LogP contribution is 2.36. The third-order valence-electron chi connectivity index (χ3n) is 5.77. The van der Waals surface area contributed by atoms with E-state index >= 15 is 0 Å².